The summed E-state index contributed by atoms with van der Waals surface area (Å²) in [5.74, 6) is -0.422. The molecule has 0 bridgehead atoms. The van der Waals surface area contributed by atoms with E-state index in [1.165, 1.54) is 6.08 Å². The maximum atomic E-state index is 12.1. The van der Waals surface area contributed by atoms with Gasteiger partial charge in [-0.25, -0.2) is 4.39 Å². The van der Waals surface area contributed by atoms with Gasteiger partial charge in [-0.1, -0.05) is 43.0 Å². The minimum absolute atomic E-state index is 0.422. The molecule has 0 saturated heterocycles. The first-order chi connectivity index (χ1) is 5.29. The number of rotatable bonds is 2. The van der Waals surface area contributed by atoms with Crippen LogP contribution in [-0.4, -0.2) is 0 Å². The summed E-state index contributed by atoms with van der Waals surface area (Å²) in [4.78, 5) is 0. The molecule has 0 fully saturated rings. The van der Waals surface area contributed by atoms with Crippen LogP contribution in [-0.2, 0) is 0 Å². The molecule has 1 aromatic carbocycles. The summed E-state index contributed by atoms with van der Waals surface area (Å²) in [6, 6.07) is 9.53. The molecule has 1 aromatic rings. The van der Waals surface area contributed by atoms with Crippen LogP contribution in [0.15, 0.2) is 48.8 Å². The molecule has 56 valence electrons. The quantitative estimate of drug-likeness (QED) is 0.565. The van der Waals surface area contributed by atoms with Crippen molar-refractivity contribution in [3.63, 3.8) is 0 Å². The van der Waals surface area contributed by atoms with E-state index in [9.17, 15) is 4.39 Å². The van der Waals surface area contributed by atoms with Crippen molar-refractivity contribution >= 4 is 6.08 Å². The van der Waals surface area contributed by atoms with E-state index in [-0.39, 0.29) is 0 Å². The second-order valence-electron chi connectivity index (χ2n) is 2.19. The predicted molar refractivity (Wildman–Crippen MR) is 45.7 cm³/mol. The monoisotopic (exact) mass is 148 g/mol. The smallest absolute Gasteiger partial charge is 0.116 e. The minimum atomic E-state index is -0.422. The van der Waals surface area contributed by atoms with Crippen LogP contribution in [0.5, 0.6) is 0 Å². The van der Waals surface area contributed by atoms with Gasteiger partial charge >= 0.3 is 0 Å². The third-order valence-electron chi connectivity index (χ3n) is 1.26. The molecule has 0 radical (unpaired) electrons. The van der Waals surface area contributed by atoms with Crippen LogP contribution < -0.4 is 0 Å². The van der Waals surface area contributed by atoms with E-state index in [0.717, 1.165) is 5.56 Å². The molecule has 0 aliphatic carbocycles. The van der Waals surface area contributed by atoms with Crippen LogP contribution in [0.4, 0.5) is 4.39 Å². The summed E-state index contributed by atoms with van der Waals surface area (Å²) in [5.41, 5.74) is 0.978. The van der Waals surface area contributed by atoms with Crippen LogP contribution in [0.1, 0.15) is 5.56 Å². The molecule has 11 heavy (non-hydrogen) atoms. The lowest BCUT2D eigenvalue weighted by Gasteiger charge is -1.88. The Labute approximate surface area is 65.7 Å². The molecule has 0 amide bonds. The minimum Gasteiger partial charge on any atom is -0.208 e. The average molecular weight is 148 g/mol. The van der Waals surface area contributed by atoms with Crippen molar-refractivity contribution in [2.24, 2.45) is 0 Å². The maximum absolute atomic E-state index is 12.1. The zero-order valence-electron chi connectivity index (χ0n) is 6.13. The van der Waals surface area contributed by atoms with Gasteiger partial charge in [-0.05, 0) is 11.6 Å². The van der Waals surface area contributed by atoms with Gasteiger partial charge in [-0.2, -0.15) is 0 Å². The molecule has 0 unspecified atom stereocenters. The van der Waals surface area contributed by atoms with Crippen molar-refractivity contribution < 1.29 is 4.39 Å². The largest absolute Gasteiger partial charge is 0.208 e. The highest BCUT2D eigenvalue weighted by Gasteiger charge is 1.82. The lowest BCUT2D eigenvalue weighted by atomic mass is 10.2. The molecule has 1 heteroatoms. The van der Waals surface area contributed by atoms with Crippen LogP contribution >= 0.6 is 0 Å². The first-order valence-corrected chi connectivity index (χ1v) is 3.36. The number of hydrogen-bond donors (Lipinski definition) is 0. The Morgan fingerprint density at radius 1 is 1.27 bits per heavy atom. The molecule has 0 atom stereocenters. The summed E-state index contributed by atoms with van der Waals surface area (Å²) in [6.07, 6.45) is 3.03. The third-order valence-corrected chi connectivity index (χ3v) is 1.26. The SMILES string of the molecule is C=C(F)C=Cc1ccccc1. The second kappa shape index (κ2) is 3.71. The van der Waals surface area contributed by atoms with Crippen LogP contribution in [0, 0.1) is 0 Å². The molecular weight excluding hydrogens is 139 g/mol. The molecule has 0 saturated carbocycles. The van der Waals surface area contributed by atoms with Gasteiger partial charge in [-0.3, -0.25) is 0 Å². The van der Waals surface area contributed by atoms with Crippen molar-refractivity contribution in [2.45, 2.75) is 0 Å². The van der Waals surface area contributed by atoms with Crippen molar-refractivity contribution in [3.8, 4) is 0 Å². The highest BCUT2D eigenvalue weighted by Crippen LogP contribution is 2.03. The van der Waals surface area contributed by atoms with E-state index in [0.29, 0.717) is 0 Å². The fourth-order valence-corrected chi connectivity index (χ4v) is 0.751. The van der Waals surface area contributed by atoms with Gasteiger partial charge in [0.05, 0.1) is 0 Å². The molecule has 1 rings (SSSR count). The topological polar surface area (TPSA) is 0 Å². The lowest BCUT2D eigenvalue weighted by molar-refractivity contribution is 0.672. The molecule has 0 aliphatic rings. The van der Waals surface area contributed by atoms with E-state index < -0.39 is 5.83 Å². The van der Waals surface area contributed by atoms with E-state index in [4.69, 9.17) is 0 Å². The first kappa shape index (κ1) is 7.73. The average Bonchev–Trinajstić information content (AvgIpc) is 2.03. The zero-order valence-corrected chi connectivity index (χ0v) is 6.13. The fourth-order valence-electron chi connectivity index (χ4n) is 0.751. The van der Waals surface area contributed by atoms with Crippen molar-refractivity contribution in [1.29, 1.82) is 0 Å². The van der Waals surface area contributed by atoms with E-state index in [1.807, 2.05) is 30.3 Å². The maximum Gasteiger partial charge on any atom is 0.116 e. The standard InChI is InChI=1S/C10H9F/c1-9(11)7-8-10-5-3-2-4-6-10/h2-8H,1H2. The Morgan fingerprint density at radius 2 is 1.91 bits per heavy atom. The molecule has 0 heterocycles. The Hall–Kier alpha value is -1.37. The summed E-state index contributed by atoms with van der Waals surface area (Å²) < 4.78 is 12.1. The third kappa shape index (κ3) is 2.80. The van der Waals surface area contributed by atoms with Gasteiger partial charge in [0.2, 0.25) is 0 Å². The predicted octanol–water partition coefficient (Wildman–Crippen LogP) is 3.18. The molecule has 0 spiro atoms. The van der Waals surface area contributed by atoms with E-state index in [1.54, 1.807) is 6.08 Å². The van der Waals surface area contributed by atoms with Crippen LogP contribution in [0.25, 0.3) is 6.08 Å². The summed E-state index contributed by atoms with van der Waals surface area (Å²) >= 11 is 0. The molecule has 0 N–H and O–H groups in total. The highest BCUT2D eigenvalue weighted by atomic mass is 19.1. The molecule has 0 nitrogen and oxygen atoms in total. The second-order valence-corrected chi connectivity index (χ2v) is 2.19. The number of allylic oxidation sites excluding steroid dienone is 2. The van der Waals surface area contributed by atoms with Gasteiger partial charge in [-0.15, -0.1) is 0 Å². The van der Waals surface area contributed by atoms with Crippen molar-refractivity contribution in [1.82, 2.24) is 0 Å². The van der Waals surface area contributed by atoms with Gasteiger partial charge in [0.1, 0.15) is 5.83 Å². The number of halogens is 1. The van der Waals surface area contributed by atoms with E-state index in [2.05, 4.69) is 6.58 Å². The Kier molecular flexibility index (Phi) is 2.61. The highest BCUT2D eigenvalue weighted by molar-refractivity contribution is 5.51. The Balaban J connectivity index is 2.72. The summed E-state index contributed by atoms with van der Waals surface area (Å²) in [5, 5.41) is 0. The van der Waals surface area contributed by atoms with Gasteiger partial charge in [0, 0.05) is 0 Å². The van der Waals surface area contributed by atoms with Crippen LogP contribution in [0.2, 0.25) is 0 Å². The first-order valence-electron chi connectivity index (χ1n) is 3.36. The van der Waals surface area contributed by atoms with E-state index >= 15 is 0 Å². The summed E-state index contributed by atoms with van der Waals surface area (Å²) in [6.45, 7) is 3.12. The van der Waals surface area contributed by atoms with Gasteiger partial charge in [0.25, 0.3) is 0 Å². The van der Waals surface area contributed by atoms with Crippen LogP contribution in [0.3, 0.4) is 0 Å². The lowest BCUT2D eigenvalue weighted by Crippen LogP contribution is -1.67. The van der Waals surface area contributed by atoms with Crippen molar-refractivity contribution in [2.75, 3.05) is 0 Å². The normalized spacial score (nSPS) is 10.3. The molecular formula is C10H9F. The number of benzene rings is 1. The Bertz CT molecular complexity index is 259. The number of hydrogen-bond acceptors (Lipinski definition) is 0. The zero-order chi connectivity index (χ0) is 8.10. The molecule has 0 aliphatic heterocycles. The molecule has 0 aromatic heterocycles. The fraction of sp³-hybridized carbons (Fsp3) is 0. The van der Waals surface area contributed by atoms with Gasteiger partial charge in [0.15, 0.2) is 0 Å². The Morgan fingerprint density at radius 3 is 2.45 bits per heavy atom. The van der Waals surface area contributed by atoms with Crippen molar-refractivity contribution in [3.05, 3.63) is 54.4 Å². The summed E-state index contributed by atoms with van der Waals surface area (Å²) in [7, 11) is 0. The van der Waals surface area contributed by atoms with Gasteiger partial charge < -0.3 is 0 Å².